The van der Waals surface area contributed by atoms with E-state index in [1.54, 1.807) is 0 Å². The Morgan fingerprint density at radius 3 is 2.67 bits per heavy atom. The van der Waals surface area contributed by atoms with Gasteiger partial charge in [0, 0.05) is 24.5 Å². The van der Waals surface area contributed by atoms with Gasteiger partial charge in [-0.05, 0) is 42.6 Å². The molecule has 18 heavy (non-hydrogen) atoms. The lowest BCUT2D eigenvalue weighted by Crippen LogP contribution is -2.44. The molecule has 1 N–H and O–H groups in total. The largest absolute Gasteiger partial charge is 0.304 e. The maximum atomic E-state index is 6.15. The summed E-state index contributed by atoms with van der Waals surface area (Å²) in [4.78, 5) is 0. The Morgan fingerprint density at radius 1 is 1.44 bits per heavy atom. The smallest absolute Gasteiger partial charge is 0.0739 e. The number of nitrogens with zero attached hydrogens (tertiary/aromatic N) is 2. The minimum absolute atomic E-state index is 0.137. The number of hydrogen-bond acceptors (Lipinski definition) is 2. The van der Waals surface area contributed by atoms with E-state index in [9.17, 15) is 0 Å². The van der Waals surface area contributed by atoms with Gasteiger partial charge in [0.2, 0.25) is 0 Å². The van der Waals surface area contributed by atoms with Crippen molar-refractivity contribution >= 4 is 27.5 Å². The van der Waals surface area contributed by atoms with Crippen molar-refractivity contribution in [3.63, 3.8) is 0 Å². The Labute approximate surface area is 122 Å². The van der Waals surface area contributed by atoms with Crippen molar-refractivity contribution in [2.75, 3.05) is 5.88 Å². The molecule has 1 aromatic heterocycles. The summed E-state index contributed by atoms with van der Waals surface area (Å²) in [5, 5.41) is 8.19. The van der Waals surface area contributed by atoms with E-state index >= 15 is 0 Å². The van der Waals surface area contributed by atoms with Crippen LogP contribution in [0.2, 0.25) is 0 Å². The third-order valence-corrected chi connectivity index (χ3v) is 5.44. The first-order valence-corrected chi connectivity index (χ1v) is 7.97. The molecule has 0 radical (unpaired) electrons. The van der Waals surface area contributed by atoms with Gasteiger partial charge in [0.05, 0.1) is 15.9 Å². The summed E-state index contributed by atoms with van der Waals surface area (Å²) in [5.41, 5.74) is 2.42. The summed E-state index contributed by atoms with van der Waals surface area (Å²) >= 11 is 9.79. The molecule has 0 spiro atoms. The van der Waals surface area contributed by atoms with Crippen molar-refractivity contribution in [3.8, 4) is 0 Å². The Hall–Kier alpha value is -0.0600. The van der Waals surface area contributed by atoms with Crippen LogP contribution in [0.4, 0.5) is 0 Å². The summed E-state index contributed by atoms with van der Waals surface area (Å²) in [6.45, 7) is 5.89. The number of halogens is 2. The van der Waals surface area contributed by atoms with Crippen molar-refractivity contribution < 1.29 is 0 Å². The van der Waals surface area contributed by atoms with E-state index in [0.29, 0.717) is 5.88 Å². The van der Waals surface area contributed by atoms with Crippen molar-refractivity contribution in [2.24, 2.45) is 0 Å². The Balaban J connectivity index is 2.09. The van der Waals surface area contributed by atoms with Gasteiger partial charge in [-0.2, -0.15) is 5.10 Å². The van der Waals surface area contributed by atoms with Crippen LogP contribution in [0.3, 0.4) is 0 Å². The second-order valence-electron chi connectivity index (χ2n) is 5.14. The molecular formula is C13H21BrClN3. The summed E-state index contributed by atoms with van der Waals surface area (Å²) < 4.78 is 3.18. The number of hydrogen-bond donors (Lipinski definition) is 1. The fourth-order valence-corrected chi connectivity index (χ4v) is 3.50. The van der Waals surface area contributed by atoms with Gasteiger partial charge >= 0.3 is 0 Å². The van der Waals surface area contributed by atoms with Gasteiger partial charge in [-0.3, -0.25) is 4.68 Å². The lowest BCUT2D eigenvalue weighted by Gasteiger charge is -2.28. The van der Waals surface area contributed by atoms with Gasteiger partial charge in [0.1, 0.15) is 0 Å². The third kappa shape index (κ3) is 2.75. The molecule has 3 nitrogen and oxygen atoms in total. The zero-order valence-corrected chi connectivity index (χ0v) is 13.4. The minimum atomic E-state index is 0.137. The van der Waals surface area contributed by atoms with E-state index in [1.807, 2.05) is 6.92 Å². The maximum absolute atomic E-state index is 6.15. The van der Waals surface area contributed by atoms with Gasteiger partial charge < -0.3 is 5.32 Å². The molecule has 0 amide bonds. The molecule has 1 saturated carbocycles. The Bertz CT molecular complexity index is 411. The lowest BCUT2D eigenvalue weighted by atomic mass is 10.0. The molecule has 0 unspecified atom stereocenters. The van der Waals surface area contributed by atoms with E-state index < -0.39 is 0 Å². The highest BCUT2D eigenvalue weighted by Crippen LogP contribution is 2.31. The number of aromatic nitrogens is 2. The average molecular weight is 335 g/mol. The van der Waals surface area contributed by atoms with Gasteiger partial charge in [-0.1, -0.05) is 12.8 Å². The molecule has 102 valence electrons. The second-order valence-corrected chi connectivity index (χ2v) is 6.20. The second kappa shape index (κ2) is 5.93. The quantitative estimate of drug-likeness (QED) is 0.834. The summed E-state index contributed by atoms with van der Waals surface area (Å²) in [6.07, 6.45) is 4.95. The number of nitrogens with one attached hydrogen (secondary N) is 1. The third-order valence-electron chi connectivity index (χ3n) is 3.90. The van der Waals surface area contributed by atoms with Crippen LogP contribution >= 0.6 is 27.5 Å². The van der Waals surface area contributed by atoms with E-state index in [4.69, 9.17) is 11.6 Å². The molecule has 0 saturated heterocycles. The monoisotopic (exact) mass is 333 g/mol. The van der Waals surface area contributed by atoms with Crippen LogP contribution in [0.1, 0.15) is 44.0 Å². The summed E-state index contributed by atoms with van der Waals surface area (Å²) in [6, 6.07) is 0. The number of alkyl halides is 1. The zero-order chi connectivity index (χ0) is 13.2. The fraction of sp³-hybridized carbons (Fsp3) is 0.769. The van der Waals surface area contributed by atoms with Crippen LogP contribution in [0.25, 0.3) is 0 Å². The first-order valence-electron chi connectivity index (χ1n) is 6.64. The van der Waals surface area contributed by atoms with E-state index in [0.717, 1.165) is 23.3 Å². The molecular weight excluding hydrogens is 314 g/mol. The van der Waals surface area contributed by atoms with E-state index in [-0.39, 0.29) is 5.54 Å². The van der Waals surface area contributed by atoms with Crippen molar-refractivity contribution in [1.82, 2.24) is 15.1 Å². The molecule has 0 atom stereocenters. The maximum Gasteiger partial charge on any atom is 0.0739 e. The highest BCUT2D eigenvalue weighted by molar-refractivity contribution is 9.10. The number of aryl methyl sites for hydroxylation is 2. The topological polar surface area (TPSA) is 29.9 Å². The Kier molecular flexibility index (Phi) is 4.73. The Morgan fingerprint density at radius 2 is 2.11 bits per heavy atom. The van der Waals surface area contributed by atoms with Gasteiger partial charge in [0.25, 0.3) is 0 Å². The minimum Gasteiger partial charge on any atom is -0.304 e. The molecule has 1 heterocycles. The molecule has 1 aliphatic carbocycles. The van der Waals surface area contributed by atoms with E-state index in [2.05, 4.69) is 38.0 Å². The SMILES string of the molecule is CCn1nc(C)c(Br)c1CNC1(CCl)CCCC1. The molecule has 0 aromatic carbocycles. The summed E-state index contributed by atoms with van der Waals surface area (Å²) in [5.74, 6) is 0.698. The van der Waals surface area contributed by atoms with Crippen LogP contribution in [-0.2, 0) is 13.1 Å². The molecule has 0 bridgehead atoms. The molecule has 1 aliphatic rings. The molecule has 1 aromatic rings. The van der Waals surface area contributed by atoms with Crippen molar-refractivity contribution in [1.29, 1.82) is 0 Å². The lowest BCUT2D eigenvalue weighted by molar-refractivity contribution is 0.360. The molecule has 1 fully saturated rings. The van der Waals surface area contributed by atoms with Crippen molar-refractivity contribution in [3.05, 3.63) is 15.9 Å². The normalized spacial score (nSPS) is 18.4. The first kappa shape index (κ1) is 14.4. The first-order chi connectivity index (χ1) is 8.62. The van der Waals surface area contributed by atoms with Crippen LogP contribution < -0.4 is 5.32 Å². The average Bonchev–Trinajstić information content (AvgIpc) is 2.95. The van der Waals surface area contributed by atoms with Crippen LogP contribution in [-0.4, -0.2) is 21.2 Å². The van der Waals surface area contributed by atoms with Crippen LogP contribution in [0.5, 0.6) is 0 Å². The molecule has 5 heteroatoms. The zero-order valence-electron chi connectivity index (χ0n) is 11.1. The van der Waals surface area contributed by atoms with Crippen LogP contribution in [0.15, 0.2) is 4.47 Å². The predicted octanol–water partition coefficient (Wildman–Crippen LogP) is 3.62. The summed E-state index contributed by atoms with van der Waals surface area (Å²) in [7, 11) is 0. The fourth-order valence-electron chi connectivity index (χ4n) is 2.72. The van der Waals surface area contributed by atoms with Gasteiger partial charge in [-0.15, -0.1) is 11.6 Å². The highest BCUT2D eigenvalue weighted by atomic mass is 79.9. The van der Waals surface area contributed by atoms with Crippen LogP contribution in [0, 0.1) is 6.92 Å². The van der Waals surface area contributed by atoms with Gasteiger partial charge in [-0.25, -0.2) is 0 Å². The van der Waals surface area contributed by atoms with E-state index in [1.165, 1.54) is 31.4 Å². The molecule has 0 aliphatic heterocycles. The van der Waals surface area contributed by atoms with Gasteiger partial charge in [0.15, 0.2) is 0 Å². The van der Waals surface area contributed by atoms with Crippen molar-refractivity contribution in [2.45, 2.75) is 58.2 Å². The molecule has 2 rings (SSSR count). The highest BCUT2D eigenvalue weighted by Gasteiger charge is 2.32. The standard InChI is InChI=1S/C13H21BrClN3/c1-3-18-11(12(14)10(2)17-18)8-16-13(9-15)6-4-5-7-13/h16H,3-9H2,1-2H3. The predicted molar refractivity (Wildman–Crippen MR) is 79.1 cm³/mol. The number of rotatable bonds is 5.